The average molecular weight is 933 g/mol. The van der Waals surface area contributed by atoms with Crippen LogP contribution in [-0.2, 0) is 9.84 Å². The van der Waals surface area contributed by atoms with E-state index in [1.165, 1.54) is 0 Å². The molecule has 2 aliphatic heterocycles. The van der Waals surface area contributed by atoms with Crippen molar-refractivity contribution in [1.29, 1.82) is 0 Å². The molecule has 2 saturated heterocycles. The molecule has 0 spiro atoms. The SMILES string of the molecule is O=S(=O)(c1ccc(N(CC2CS2)N=Cc2ccc(N(c3ccccc3)c3ccccc3)cc2)cc1)c1ccc(N(CC2CS2)N=Cc2ccc(N(c3ccccc3)c3ccccc3)cc2)cc1. The van der Waals surface area contributed by atoms with Crippen molar-refractivity contribution in [2.75, 3.05) is 44.4 Å². The van der Waals surface area contributed by atoms with E-state index in [0.29, 0.717) is 10.5 Å². The Morgan fingerprint density at radius 1 is 0.388 bits per heavy atom. The Labute approximate surface area is 401 Å². The van der Waals surface area contributed by atoms with Crippen molar-refractivity contribution < 1.29 is 8.42 Å². The predicted octanol–water partition coefficient (Wildman–Crippen LogP) is 13.4. The Kier molecular flexibility index (Phi) is 13.2. The molecule has 2 heterocycles. The summed E-state index contributed by atoms with van der Waals surface area (Å²) in [4.78, 5) is 4.93. The molecule has 2 aliphatic rings. The summed E-state index contributed by atoms with van der Waals surface area (Å²) >= 11 is 3.80. The fourth-order valence-electron chi connectivity index (χ4n) is 7.80. The summed E-state index contributed by atoms with van der Waals surface area (Å²) in [5, 5.41) is 14.7. The molecule has 11 heteroatoms. The molecule has 2 fully saturated rings. The molecule has 67 heavy (non-hydrogen) atoms. The Hall–Kier alpha value is -7.05. The van der Waals surface area contributed by atoms with Crippen LogP contribution in [0.1, 0.15) is 11.1 Å². The van der Waals surface area contributed by atoms with Crippen molar-refractivity contribution in [3.63, 3.8) is 0 Å². The molecule has 8 nitrogen and oxygen atoms in total. The summed E-state index contributed by atoms with van der Waals surface area (Å²) in [5.41, 5.74) is 10.00. The number of benzene rings is 8. The van der Waals surface area contributed by atoms with Gasteiger partial charge in [-0.15, -0.1) is 0 Å². The summed E-state index contributed by atoms with van der Waals surface area (Å²) < 4.78 is 28.0. The normalized spacial score (nSPS) is 15.3. The number of sulfone groups is 1. The van der Waals surface area contributed by atoms with E-state index in [4.69, 9.17) is 10.2 Å². The van der Waals surface area contributed by atoms with Gasteiger partial charge in [0.05, 0.1) is 46.7 Å². The highest BCUT2D eigenvalue weighted by atomic mass is 32.2. The van der Waals surface area contributed by atoms with E-state index in [9.17, 15) is 8.42 Å². The highest BCUT2D eigenvalue weighted by Crippen LogP contribution is 2.37. The summed E-state index contributed by atoms with van der Waals surface area (Å²) in [6.07, 6.45) is 3.74. The van der Waals surface area contributed by atoms with Crippen molar-refractivity contribution in [3.05, 3.63) is 230 Å². The van der Waals surface area contributed by atoms with E-state index in [-0.39, 0.29) is 9.79 Å². The molecule has 8 aromatic rings. The average Bonchev–Trinajstić information content (AvgIpc) is 4.35. The fourth-order valence-corrected chi connectivity index (χ4v) is 10.0. The lowest BCUT2D eigenvalue weighted by Crippen LogP contribution is -2.22. The van der Waals surface area contributed by atoms with Crippen molar-refractivity contribution in [2.24, 2.45) is 10.2 Å². The van der Waals surface area contributed by atoms with Crippen LogP contribution in [0.5, 0.6) is 0 Å². The topological polar surface area (TPSA) is 71.8 Å². The van der Waals surface area contributed by atoms with Crippen molar-refractivity contribution in [2.45, 2.75) is 20.3 Å². The van der Waals surface area contributed by atoms with Crippen LogP contribution in [-0.4, -0.2) is 55.9 Å². The van der Waals surface area contributed by atoms with Crippen LogP contribution in [0.15, 0.2) is 238 Å². The molecule has 2 atom stereocenters. The first-order valence-corrected chi connectivity index (χ1v) is 25.8. The molecule has 8 aromatic carbocycles. The summed E-state index contributed by atoms with van der Waals surface area (Å²) in [6.45, 7) is 1.46. The smallest absolute Gasteiger partial charge is 0.206 e. The van der Waals surface area contributed by atoms with Crippen LogP contribution < -0.4 is 19.8 Å². The van der Waals surface area contributed by atoms with Gasteiger partial charge in [0.25, 0.3) is 0 Å². The number of para-hydroxylation sites is 4. The molecule has 0 saturated carbocycles. The number of nitrogens with zero attached hydrogens (tertiary/aromatic N) is 6. The van der Waals surface area contributed by atoms with E-state index in [1.807, 2.05) is 143 Å². The van der Waals surface area contributed by atoms with Crippen LogP contribution in [0.3, 0.4) is 0 Å². The maximum atomic E-state index is 14.0. The Balaban J connectivity index is 0.823. The number of rotatable bonds is 18. The first-order chi connectivity index (χ1) is 32.9. The minimum Gasteiger partial charge on any atom is -0.311 e. The third kappa shape index (κ3) is 10.8. The number of hydrogen-bond donors (Lipinski definition) is 0. The molecule has 0 radical (unpaired) electrons. The van der Waals surface area contributed by atoms with Gasteiger partial charge in [0.2, 0.25) is 9.84 Å². The second-order valence-electron chi connectivity index (χ2n) is 16.3. The van der Waals surface area contributed by atoms with Crippen LogP contribution in [0, 0.1) is 0 Å². The van der Waals surface area contributed by atoms with Crippen LogP contribution >= 0.6 is 23.5 Å². The van der Waals surface area contributed by atoms with Crippen molar-refractivity contribution in [3.8, 4) is 0 Å². The highest BCUT2D eigenvalue weighted by molar-refractivity contribution is 8.07. The maximum absolute atomic E-state index is 14.0. The standard InChI is InChI=1S/C56H48N6O2S3/c63-67(64,55-33-29-45(30-34-55)59(39-53-41-65-53)57-37-43-21-25-51(26-22-43)61(47-13-5-1-6-14-47)48-15-7-2-8-16-48)56-35-31-46(32-36-56)60(40-54-42-66-54)58-38-44-23-27-52(28-24-44)62(49-17-9-3-10-18-49)50-19-11-4-12-20-50/h1-38,53-54H,39-42H2. The number of thioether (sulfide) groups is 2. The Morgan fingerprint density at radius 2 is 0.657 bits per heavy atom. The van der Waals surface area contributed by atoms with Crippen molar-refractivity contribution >= 4 is 91.3 Å². The molecule has 0 bridgehead atoms. The van der Waals surface area contributed by atoms with E-state index in [0.717, 1.165) is 81.2 Å². The highest BCUT2D eigenvalue weighted by Gasteiger charge is 2.28. The van der Waals surface area contributed by atoms with Gasteiger partial charge in [-0.1, -0.05) is 97.1 Å². The molecule has 0 amide bonds. The van der Waals surface area contributed by atoms with E-state index < -0.39 is 9.84 Å². The zero-order chi connectivity index (χ0) is 45.4. The quantitative estimate of drug-likeness (QED) is 0.0479. The largest absolute Gasteiger partial charge is 0.311 e. The molecule has 0 aliphatic carbocycles. The second kappa shape index (κ2) is 20.2. The summed E-state index contributed by atoms with van der Waals surface area (Å²) in [6, 6.07) is 72.2. The van der Waals surface area contributed by atoms with Crippen molar-refractivity contribution in [1.82, 2.24) is 0 Å². The lowest BCUT2D eigenvalue weighted by Gasteiger charge is -2.25. The third-order valence-electron chi connectivity index (χ3n) is 11.5. The first-order valence-electron chi connectivity index (χ1n) is 22.3. The van der Waals surface area contributed by atoms with E-state index in [2.05, 4.69) is 107 Å². The molecule has 332 valence electrons. The first kappa shape index (κ1) is 43.8. The fraction of sp³-hybridized carbons (Fsp3) is 0.107. The zero-order valence-corrected chi connectivity index (χ0v) is 39.1. The molecular formula is C56H48N6O2S3. The molecular weight excluding hydrogens is 885 g/mol. The van der Waals surface area contributed by atoms with Crippen LogP contribution in [0.2, 0.25) is 0 Å². The van der Waals surface area contributed by atoms with Gasteiger partial charge in [-0.25, -0.2) is 8.42 Å². The van der Waals surface area contributed by atoms with Crippen LogP contribution in [0.4, 0.5) is 45.5 Å². The molecule has 2 unspecified atom stereocenters. The molecule has 10 rings (SSSR count). The van der Waals surface area contributed by atoms with Gasteiger partial charge in [0, 0.05) is 56.1 Å². The zero-order valence-electron chi connectivity index (χ0n) is 36.6. The third-order valence-corrected chi connectivity index (χ3v) is 15.2. The maximum Gasteiger partial charge on any atom is 0.206 e. The molecule has 0 N–H and O–H groups in total. The minimum atomic E-state index is -3.79. The number of hydrazone groups is 2. The Morgan fingerprint density at radius 3 is 0.940 bits per heavy atom. The predicted molar refractivity (Wildman–Crippen MR) is 283 cm³/mol. The second-order valence-corrected chi connectivity index (χ2v) is 20.9. The van der Waals surface area contributed by atoms with Gasteiger partial charge in [0.1, 0.15) is 0 Å². The van der Waals surface area contributed by atoms with Gasteiger partial charge in [-0.2, -0.15) is 33.7 Å². The summed E-state index contributed by atoms with van der Waals surface area (Å²) in [7, 11) is -3.79. The number of anilines is 8. The lowest BCUT2D eigenvalue weighted by atomic mass is 10.1. The minimum absolute atomic E-state index is 0.233. The van der Waals surface area contributed by atoms with E-state index in [1.54, 1.807) is 24.3 Å². The van der Waals surface area contributed by atoms with Crippen LogP contribution in [0.25, 0.3) is 0 Å². The number of hydrogen-bond acceptors (Lipinski definition) is 10. The lowest BCUT2D eigenvalue weighted by molar-refractivity contribution is 0.596. The molecule has 0 aromatic heterocycles. The summed E-state index contributed by atoms with van der Waals surface area (Å²) in [5.74, 6) is 2.16. The monoisotopic (exact) mass is 932 g/mol. The Bertz CT molecular complexity index is 2740. The van der Waals surface area contributed by atoms with E-state index >= 15 is 0 Å². The van der Waals surface area contributed by atoms with Gasteiger partial charge < -0.3 is 9.80 Å². The van der Waals surface area contributed by atoms with Gasteiger partial charge in [-0.05, 0) is 132 Å². The van der Waals surface area contributed by atoms with Gasteiger partial charge in [0.15, 0.2) is 0 Å². The van der Waals surface area contributed by atoms with Gasteiger partial charge in [-0.3, -0.25) is 10.0 Å². The van der Waals surface area contributed by atoms with Gasteiger partial charge >= 0.3 is 0 Å².